The molecule has 1 fully saturated rings. The minimum Gasteiger partial charge on any atom is -0.436 e. The molecule has 1 aliphatic heterocycles. The minimum absolute atomic E-state index is 0.0626. The highest BCUT2D eigenvalue weighted by Gasteiger charge is 2.26. The van der Waals surface area contributed by atoms with E-state index in [0.717, 1.165) is 42.5 Å². The summed E-state index contributed by atoms with van der Waals surface area (Å²) in [6.45, 7) is 2.36. The van der Waals surface area contributed by atoms with Gasteiger partial charge in [0, 0.05) is 47.6 Å². The van der Waals surface area contributed by atoms with Crippen LogP contribution in [0.3, 0.4) is 0 Å². The number of halogens is 1. The monoisotopic (exact) mass is 462 g/mol. The van der Waals surface area contributed by atoms with E-state index in [1.54, 1.807) is 31.6 Å². The predicted octanol–water partition coefficient (Wildman–Crippen LogP) is 5.03. The first kappa shape index (κ1) is 21.2. The molecule has 4 heterocycles. The number of hydrogen-bond acceptors (Lipinski definition) is 6. The number of nitrogens with two attached hydrogens (primary N) is 1. The molecule has 168 valence electrons. The molecule has 0 aliphatic carbocycles. The third kappa shape index (κ3) is 4.21. The van der Waals surface area contributed by atoms with Crippen molar-refractivity contribution < 1.29 is 9.21 Å². The maximum absolute atomic E-state index is 12.1. The number of likely N-dealkylation sites (tertiary alicyclic amines) is 1. The number of hydrogen-bond donors (Lipinski definition) is 1. The number of amides is 1. The van der Waals surface area contributed by atoms with Crippen LogP contribution in [0.2, 0.25) is 5.02 Å². The Labute approximate surface area is 196 Å². The number of piperidine rings is 1. The van der Waals surface area contributed by atoms with E-state index in [0.29, 0.717) is 28.1 Å². The normalized spacial score (nSPS) is 16.2. The molecule has 1 aromatic carbocycles. The fourth-order valence-corrected chi connectivity index (χ4v) is 4.38. The second kappa shape index (κ2) is 8.71. The number of nitrogens with zero attached hydrogens (tertiary/aromatic N) is 5. The molecule has 5 rings (SSSR count). The Morgan fingerprint density at radius 3 is 2.82 bits per heavy atom. The molecule has 1 atom stereocenters. The Morgan fingerprint density at radius 2 is 2.00 bits per heavy atom. The van der Waals surface area contributed by atoms with Crippen LogP contribution in [0.15, 0.2) is 59.5 Å². The molecular weight excluding hydrogens is 440 g/mol. The van der Waals surface area contributed by atoms with Crippen molar-refractivity contribution in [3.05, 3.63) is 60.1 Å². The van der Waals surface area contributed by atoms with E-state index in [1.165, 1.54) is 0 Å². The van der Waals surface area contributed by atoms with Gasteiger partial charge in [-0.15, -0.1) is 0 Å². The maximum atomic E-state index is 12.1. The first-order chi connectivity index (χ1) is 16.0. The Morgan fingerprint density at radius 1 is 1.12 bits per heavy atom. The lowest BCUT2D eigenvalue weighted by atomic mass is 10.1. The summed E-state index contributed by atoms with van der Waals surface area (Å²) >= 11 is 6.10. The van der Waals surface area contributed by atoms with Gasteiger partial charge in [0.25, 0.3) is 0 Å². The number of nitrogen functional groups attached to an aromatic ring is 1. The molecule has 1 aliphatic rings. The van der Waals surface area contributed by atoms with Crippen molar-refractivity contribution in [3.8, 4) is 33.9 Å². The molecule has 33 heavy (non-hydrogen) atoms. The Bertz CT molecular complexity index is 1310. The second-order valence-electron chi connectivity index (χ2n) is 8.09. The number of carbonyl (C=O) groups is 1. The third-order valence-electron chi connectivity index (χ3n) is 5.88. The molecule has 1 amide bonds. The van der Waals surface area contributed by atoms with Crippen molar-refractivity contribution in [2.75, 3.05) is 12.3 Å². The van der Waals surface area contributed by atoms with Gasteiger partial charge in [0.05, 0.1) is 18.0 Å². The molecule has 0 saturated carbocycles. The van der Waals surface area contributed by atoms with Gasteiger partial charge in [-0.3, -0.25) is 4.79 Å². The molecular formula is C24H23ClN6O2. The summed E-state index contributed by atoms with van der Waals surface area (Å²) in [6.07, 6.45) is 9.95. The van der Waals surface area contributed by atoms with Crippen LogP contribution in [0, 0.1) is 0 Å². The van der Waals surface area contributed by atoms with Crippen LogP contribution in [0.5, 0.6) is 0 Å². The van der Waals surface area contributed by atoms with Gasteiger partial charge < -0.3 is 15.1 Å². The molecule has 4 aromatic rings. The van der Waals surface area contributed by atoms with E-state index in [4.69, 9.17) is 21.8 Å². The smallest absolute Gasteiger partial charge is 0.230 e. The van der Waals surface area contributed by atoms with E-state index in [2.05, 4.69) is 15.1 Å². The molecule has 3 aromatic heterocycles. The number of oxazole rings is 1. The number of anilines is 1. The molecule has 1 unspecified atom stereocenters. The highest BCUT2D eigenvalue weighted by Crippen LogP contribution is 2.33. The largest absolute Gasteiger partial charge is 0.436 e. The minimum atomic E-state index is -0.0711. The quantitative estimate of drug-likeness (QED) is 0.456. The number of benzene rings is 1. The third-order valence-corrected chi connectivity index (χ3v) is 6.11. The van der Waals surface area contributed by atoms with Crippen molar-refractivity contribution in [2.24, 2.45) is 0 Å². The summed E-state index contributed by atoms with van der Waals surface area (Å²) < 4.78 is 7.82. The Balaban J connectivity index is 1.45. The van der Waals surface area contributed by atoms with E-state index in [-0.39, 0.29) is 12.1 Å². The van der Waals surface area contributed by atoms with Crippen LogP contribution < -0.4 is 5.73 Å². The van der Waals surface area contributed by atoms with Gasteiger partial charge in [0.1, 0.15) is 12.0 Å². The number of pyridine rings is 1. The zero-order valence-corrected chi connectivity index (χ0v) is 18.9. The van der Waals surface area contributed by atoms with Crippen molar-refractivity contribution in [3.63, 3.8) is 0 Å². The van der Waals surface area contributed by atoms with E-state index < -0.39 is 0 Å². The highest BCUT2D eigenvalue weighted by molar-refractivity contribution is 6.30. The van der Waals surface area contributed by atoms with Crippen molar-refractivity contribution >= 4 is 23.3 Å². The summed E-state index contributed by atoms with van der Waals surface area (Å²) in [5, 5.41) is 5.16. The van der Waals surface area contributed by atoms with Crippen molar-refractivity contribution in [1.82, 2.24) is 24.6 Å². The molecule has 2 N–H and O–H groups in total. The summed E-state index contributed by atoms with van der Waals surface area (Å²) in [5.41, 5.74) is 9.27. The predicted molar refractivity (Wildman–Crippen MR) is 126 cm³/mol. The summed E-state index contributed by atoms with van der Waals surface area (Å²) in [4.78, 5) is 22.7. The van der Waals surface area contributed by atoms with Gasteiger partial charge in [0.2, 0.25) is 11.8 Å². The van der Waals surface area contributed by atoms with E-state index in [1.807, 2.05) is 40.0 Å². The standard InChI is InChI=1S/C24H23ClN6O2/c1-15(32)30-8-3-2-7-22(30)31-14-18(12-29-31)17-10-20(23(26)27-11-17)24-28-13-21(33-24)16-5-4-6-19(25)9-16/h4-6,9-14,22H,2-3,7-8H2,1H3,(H2,26,27). The fraction of sp³-hybridized carbons (Fsp3) is 0.250. The van der Waals surface area contributed by atoms with E-state index >= 15 is 0 Å². The summed E-state index contributed by atoms with van der Waals surface area (Å²) in [5.74, 6) is 1.35. The van der Waals surface area contributed by atoms with Gasteiger partial charge in [-0.1, -0.05) is 23.7 Å². The average Bonchev–Trinajstić information content (AvgIpc) is 3.50. The van der Waals surface area contributed by atoms with Gasteiger partial charge >= 0.3 is 0 Å². The first-order valence-electron chi connectivity index (χ1n) is 10.8. The lowest BCUT2D eigenvalue weighted by molar-refractivity contribution is -0.135. The van der Waals surface area contributed by atoms with Gasteiger partial charge in [-0.05, 0) is 37.5 Å². The summed E-state index contributed by atoms with van der Waals surface area (Å²) in [7, 11) is 0. The SMILES string of the molecule is CC(=O)N1CCCCC1n1cc(-c2cnc(N)c(-c3ncc(-c4cccc(Cl)c4)o3)c2)cn1. The highest BCUT2D eigenvalue weighted by atomic mass is 35.5. The maximum Gasteiger partial charge on any atom is 0.230 e. The zero-order valence-electron chi connectivity index (χ0n) is 18.1. The average molecular weight is 463 g/mol. The van der Waals surface area contributed by atoms with Crippen LogP contribution in [-0.4, -0.2) is 37.1 Å². The summed E-state index contributed by atoms with van der Waals surface area (Å²) in [6, 6.07) is 9.26. The molecule has 0 spiro atoms. The molecule has 0 bridgehead atoms. The lowest BCUT2D eigenvalue weighted by Gasteiger charge is -2.35. The topological polar surface area (TPSA) is 103 Å². The van der Waals surface area contributed by atoms with Crippen LogP contribution in [0.1, 0.15) is 32.4 Å². The second-order valence-corrected chi connectivity index (χ2v) is 8.53. The molecule has 9 heteroatoms. The van der Waals surface area contributed by atoms with Gasteiger partial charge in [-0.2, -0.15) is 5.10 Å². The number of rotatable bonds is 4. The van der Waals surface area contributed by atoms with Crippen LogP contribution in [0.25, 0.3) is 33.9 Å². The van der Waals surface area contributed by atoms with Crippen LogP contribution >= 0.6 is 11.6 Å². The number of aromatic nitrogens is 4. The fourth-order valence-electron chi connectivity index (χ4n) is 4.18. The van der Waals surface area contributed by atoms with Gasteiger partial charge in [0.15, 0.2) is 5.76 Å². The first-order valence-corrected chi connectivity index (χ1v) is 11.2. The van der Waals surface area contributed by atoms with Crippen LogP contribution in [0.4, 0.5) is 5.82 Å². The van der Waals surface area contributed by atoms with Gasteiger partial charge in [-0.25, -0.2) is 14.6 Å². The number of carbonyl (C=O) groups excluding carboxylic acids is 1. The Hall–Kier alpha value is -3.65. The van der Waals surface area contributed by atoms with Crippen LogP contribution in [-0.2, 0) is 4.79 Å². The lowest BCUT2D eigenvalue weighted by Crippen LogP contribution is -2.40. The zero-order chi connectivity index (χ0) is 22.9. The van der Waals surface area contributed by atoms with Crippen molar-refractivity contribution in [1.29, 1.82) is 0 Å². The molecule has 1 saturated heterocycles. The van der Waals surface area contributed by atoms with E-state index in [9.17, 15) is 4.79 Å². The van der Waals surface area contributed by atoms with Crippen molar-refractivity contribution in [2.45, 2.75) is 32.4 Å². The molecule has 8 nitrogen and oxygen atoms in total. The molecule has 0 radical (unpaired) electrons. The Kier molecular flexibility index (Phi) is 5.60.